The summed E-state index contributed by atoms with van der Waals surface area (Å²) in [5.41, 5.74) is 2.20. The van der Waals surface area contributed by atoms with Crippen molar-refractivity contribution in [2.45, 2.75) is 69.1 Å². The van der Waals surface area contributed by atoms with Gasteiger partial charge in [-0.2, -0.15) is 0 Å². The Morgan fingerprint density at radius 1 is 1.15 bits per heavy atom. The van der Waals surface area contributed by atoms with E-state index in [1.165, 1.54) is 31.9 Å². The molecule has 0 radical (unpaired) electrons. The molecule has 4 nitrogen and oxygen atoms in total. The maximum Gasteiger partial charge on any atom is 0.333 e. The Morgan fingerprint density at radius 3 is 2.81 bits per heavy atom. The molecule has 0 amide bonds. The van der Waals surface area contributed by atoms with Gasteiger partial charge < -0.3 is 15.4 Å². The smallest absolute Gasteiger partial charge is 0.333 e. The van der Waals surface area contributed by atoms with E-state index in [2.05, 4.69) is 47.1 Å². The van der Waals surface area contributed by atoms with Gasteiger partial charge in [-0.05, 0) is 56.4 Å². The molecule has 1 heterocycles. The maximum absolute atomic E-state index is 12.0. The lowest BCUT2D eigenvalue weighted by Gasteiger charge is -2.48. The normalized spacial score (nSPS) is 36.7. The fourth-order valence-electron chi connectivity index (χ4n) is 4.89. The van der Waals surface area contributed by atoms with Gasteiger partial charge in [-0.15, -0.1) is 0 Å². The zero-order valence-corrected chi connectivity index (χ0v) is 15.6. The first-order chi connectivity index (χ1) is 12.8. The quantitative estimate of drug-likeness (QED) is 0.604. The minimum atomic E-state index is -0.184. The highest BCUT2D eigenvalue weighted by molar-refractivity contribution is 5.88. The van der Waals surface area contributed by atoms with Crippen LogP contribution in [0.1, 0.15) is 44.9 Å². The predicted octanol–water partition coefficient (Wildman–Crippen LogP) is 3.18. The predicted molar refractivity (Wildman–Crippen MR) is 104 cm³/mol. The molecule has 140 valence electrons. The van der Waals surface area contributed by atoms with Gasteiger partial charge in [0, 0.05) is 29.7 Å². The number of hydrogen-bond acceptors (Lipinski definition) is 4. The number of carbonyl (C=O) groups excluding carboxylic acids is 1. The summed E-state index contributed by atoms with van der Waals surface area (Å²) in [5.74, 6) is 0.389. The van der Waals surface area contributed by atoms with E-state index < -0.39 is 0 Å². The lowest BCUT2D eigenvalue weighted by molar-refractivity contribution is -0.136. The summed E-state index contributed by atoms with van der Waals surface area (Å²) in [5, 5.41) is 7.85. The van der Waals surface area contributed by atoms with Gasteiger partial charge in [-0.3, -0.25) is 0 Å². The highest BCUT2D eigenvalue weighted by atomic mass is 16.5. The van der Waals surface area contributed by atoms with Crippen molar-refractivity contribution in [3.63, 3.8) is 0 Å². The SMILES string of the molecule is COC(=O)C1=CC2NC(C3=CCCC=C3)C(C3C=CCCC3)NC2CC1. The number of rotatable bonds is 3. The van der Waals surface area contributed by atoms with Crippen LogP contribution in [0.15, 0.2) is 47.6 Å². The van der Waals surface area contributed by atoms with E-state index in [1.807, 2.05) is 0 Å². The van der Waals surface area contributed by atoms with Crippen LogP contribution in [0.25, 0.3) is 0 Å². The first kappa shape index (κ1) is 17.7. The average Bonchev–Trinajstić information content (AvgIpc) is 2.73. The Labute approximate surface area is 156 Å². The van der Waals surface area contributed by atoms with E-state index >= 15 is 0 Å². The highest BCUT2D eigenvalue weighted by Gasteiger charge is 2.41. The van der Waals surface area contributed by atoms with Gasteiger partial charge in [0.1, 0.15) is 0 Å². The van der Waals surface area contributed by atoms with Gasteiger partial charge in [0.15, 0.2) is 0 Å². The van der Waals surface area contributed by atoms with Crippen LogP contribution in [-0.2, 0) is 9.53 Å². The average molecular weight is 354 g/mol. The van der Waals surface area contributed by atoms with Crippen molar-refractivity contribution in [2.24, 2.45) is 5.92 Å². The second kappa shape index (κ2) is 7.93. The summed E-state index contributed by atoms with van der Waals surface area (Å²) in [6.45, 7) is 0. The maximum atomic E-state index is 12.0. The molecule has 3 aliphatic carbocycles. The number of hydrogen-bond donors (Lipinski definition) is 2. The number of esters is 1. The van der Waals surface area contributed by atoms with Gasteiger partial charge in [-0.1, -0.05) is 36.5 Å². The summed E-state index contributed by atoms with van der Waals surface area (Å²) in [7, 11) is 1.47. The lowest BCUT2D eigenvalue weighted by atomic mass is 9.77. The second-order valence-corrected chi connectivity index (χ2v) is 7.90. The van der Waals surface area contributed by atoms with E-state index in [9.17, 15) is 4.79 Å². The minimum Gasteiger partial charge on any atom is -0.466 e. The molecule has 1 aliphatic heterocycles. The molecule has 0 aromatic rings. The van der Waals surface area contributed by atoms with Crippen LogP contribution in [-0.4, -0.2) is 37.2 Å². The molecule has 5 unspecified atom stereocenters. The topological polar surface area (TPSA) is 50.4 Å². The molecule has 0 aromatic carbocycles. The summed E-state index contributed by atoms with van der Waals surface area (Å²) in [4.78, 5) is 12.0. The Bertz CT molecular complexity index is 661. The molecule has 1 fully saturated rings. The van der Waals surface area contributed by atoms with Crippen molar-refractivity contribution in [3.8, 4) is 0 Å². The van der Waals surface area contributed by atoms with Gasteiger partial charge in [-0.25, -0.2) is 4.79 Å². The van der Waals surface area contributed by atoms with Gasteiger partial charge in [0.25, 0.3) is 0 Å². The molecule has 2 N–H and O–H groups in total. The van der Waals surface area contributed by atoms with Crippen LogP contribution in [0.4, 0.5) is 0 Å². The number of carbonyl (C=O) groups is 1. The van der Waals surface area contributed by atoms with E-state index in [4.69, 9.17) is 4.74 Å². The fourth-order valence-corrected chi connectivity index (χ4v) is 4.89. The van der Waals surface area contributed by atoms with E-state index in [0.717, 1.165) is 31.3 Å². The van der Waals surface area contributed by atoms with Crippen LogP contribution in [0.2, 0.25) is 0 Å². The molecular formula is C22H30N2O2. The van der Waals surface area contributed by atoms with Crippen LogP contribution in [0.3, 0.4) is 0 Å². The van der Waals surface area contributed by atoms with Crippen molar-refractivity contribution in [1.29, 1.82) is 0 Å². The number of ether oxygens (including phenoxy) is 1. The third-order valence-electron chi connectivity index (χ3n) is 6.26. The van der Waals surface area contributed by atoms with E-state index in [0.29, 0.717) is 18.0 Å². The van der Waals surface area contributed by atoms with Crippen molar-refractivity contribution >= 4 is 5.97 Å². The number of nitrogens with one attached hydrogen (secondary N) is 2. The number of piperazine rings is 1. The minimum absolute atomic E-state index is 0.183. The first-order valence-corrected chi connectivity index (χ1v) is 10.1. The van der Waals surface area contributed by atoms with Gasteiger partial charge in [0.2, 0.25) is 0 Å². The summed E-state index contributed by atoms with van der Waals surface area (Å²) in [6, 6.07) is 1.26. The van der Waals surface area contributed by atoms with Crippen molar-refractivity contribution < 1.29 is 9.53 Å². The second-order valence-electron chi connectivity index (χ2n) is 7.90. The molecule has 0 saturated carbocycles. The van der Waals surface area contributed by atoms with Crippen molar-refractivity contribution in [1.82, 2.24) is 10.6 Å². The molecule has 5 atom stereocenters. The Morgan fingerprint density at radius 2 is 2.08 bits per heavy atom. The van der Waals surface area contributed by atoms with Crippen molar-refractivity contribution in [3.05, 3.63) is 47.6 Å². The Hall–Kier alpha value is -1.65. The largest absolute Gasteiger partial charge is 0.466 e. The van der Waals surface area contributed by atoms with Crippen LogP contribution in [0.5, 0.6) is 0 Å². The molecule has 4 heteroatoms. The molecule has 0 bridgehead atoms. The van der Waals surface area contributed by atoms with Crippen molar-refractivity contribution in [2.75, 3.05) is 7.11 Å². The van der Waals surface area contributed by atoms with Crippen LogP contribution in [0, 0.1) is 5.92 Å². The van der Waals surface area contributed by atoms with Gasteiger partial charge in [0.05, 0.1) is 7.11 Å². The molecule has 0 spiro atoms. The number of methoxy groups -OCH3 is 1. The number of fused-ring (bicyclic) bond motifs is 1. The Kier molecular flexibility index (Phi) is 5.41. The Balaban J connectivity index is 1.60. The third-order valence-corrected chi connectivity index (χ3v) is 6.26. The van der Waals surface area contributed by atoms with E-state index in [1.54, 1.807) is 0 Å². The molecule has 1 saturated heterocycles. The third kappa shape index (κ3) is 3.58. The molecular weight excluding hydrogens is 324 g/mol. The summed E-state index contributed by atoms with van der Waals surface area (Å²) >= 11 is 0. The zero-order valence-electron chi connectivity index (χ0n) is 15.6. The summed E-state index contributed by atoms with van der Waals surface area (Å²) < 4.78 is 4.94. The van der Waals surface area contributed by atoms with E-state index in [-0.39, 0.29) is 18.1 Å². The molecule has 0 aromatic heterocycles. The summed E-state index contributed by atoms with van der Waals surface area (Å²) in [6.07, 6.45) is 21.6. The number of allylic oxidation sites excluding steroid dienone is 3. The van der Waals surface area contributed by atoms with Crippen LogP contribution < -0.4 is 10.6 Å². The van der Waals surface area contributed by atoms with Gasteiger partial charge >= 0.3 is 5.97 Å². The molecule has 4 aliphatic rings. The first-order valence-electron chi connectivity index (χ1n) is 10.1. The highest BCUT2D eigenvalue weighted by Crippen LogP contribution is 2.32. The fraction of sp³-hybridized carbons (Fsp3) is 0.591. The zero-order chi connectivity index (χ0) is 17.9. The van der Waals surface area contributed by atoms with Crippen LogP contribution >= 0.6 is 0 Å². The lowest BCUT2D eigenvalue weighted by Crippen LogP contribution is -2.68. The standard InChI is InChI=1S/C22H30N2O2/c1-26-22(25)17-12-13-18-19(14-17)24-21(16-10-6-3-7-11-16)20(23-18)15-8-4-2-5-9-15/h4,6,8,10-11,14-15,18-21,23-24H,2-3,5,7,9,12-13H2,1H3. The molecule has 26 heavy (non-hydrogen) atoms. The molecule has 4 rings (SSSR count). The monoisotopic (exact) mass is 354 g/mol.